The lowest BCUT2D eigenvalue weighted by Gasteiger charge is -2.30. The van der Waals surface area contributed by atoms with E-state index in [4.69, 9.17) is 10.00 Å². The molecule has 0 bridgehead atoms. The molecule has 1 unspecified atom stereocenters. The van der Waals surface area contributed by atoms with Crippen molar-refractivity contribution in [1.82, 2.24) is 0 Å². The first-order valence-electron chi connectivity index (χ1n) is 4.83. The molecule has 0 spiro atoms. The van der Waals surface area contributed by atoms with Crippen LogP contribution in [0.5, 0.6) is 0 Å². The van der Waals surface area contributed by atoms with Crippen LogP contribution in [-0.2, 0) is 4.74 Å². The fraction of sp³-hybridized carbons (Fsp3) is 0.273. The normalized spacial score (nSPS) is 20.1. The monoisotopic (exact) mass is 280 g/mol. The van der Waals surface area contributed by atoms with Gasteiger partial charge >= 0.3 is 6.09 Å². The minimum atomic E-state index is -0.458. The van der Waals surface area contributed by atoms with E-state index in [1.807, 2.05) is 12.1 Å². The van der Waals surface area contributed by atoms with Crippen LogP contribution in [0.2, 0.25) is 0 Å². The van der Waals surface area contributed by atoms with Gasteiger partial charge in [-0.25, -0.2) is 4.79 Å². The van der Waals surface area contributed by atoms with E-state index in [0.29, 0.717) is 18.7 Å². The second-order valence-electron chi connectivity index (χ2n) is 3.39. The highest BCUT2D eigenvalue weighted by Gasteiger charge is 2.30. The first-order valence-corrected chi connectivity index (χ1v) is 5.63. The van der Waals surface area contributed by atoms with Crippen LogP contribution >= 0.6 is 15.9 Å². The molecule has 16 heavy (non-hydrogen) atoms. The van der Waals surface area contributed by atoms with Gasteiger partial charge in [0, 0.05) is 16.6 Å². The fourth-order valence-electron chi connectivity index (χ4n) is 1.59. The third-order valence-corrected chi connectivity index (χ3v) is 2.91. The van der Waals surface area contributed by atoms with E-state index < -0.39 is 12.1 Å². The van der Waals surface area contributed by atoms with Crippen LogP contribution in [0.25, 0.3) is 0 Å². The summed E-state index contributed by atoms with van der Waals surface area (Å²) in [6.07, 6.45) is 0.0818. The van der Waals surface area contributed by atoms with Crippen molar-refractivity contribution >= 4 is 27.7 Å². The highest BCUT2D eigenvalue weighted by molar-refractivity contribution is 9.10. The number of benzene rings is 1. The summed E-state index contributed by atoms with van der Waals surface area (Å²) in [5, 5.41) is 8.99. The molecule has 1 heterocycles. The Morgan fingerprint density at radius 2 is 2.12 bits per heavy atom. The van der Waals surface area contributed by atoms with Crippen LogP contribution in [0.3, 0.4) is 0 Å². The fourth-order valence-corrected chi connectivity index (χ4v) is 1.86. The van der Waals surface area contributed by atoms with Gasteiger partial charge in [-0.05, 0) is 24.3 Å². The number of carbonyl (C=O) groups is 1. The van der Waals surface area contributed by atoms with Crippen molar-refractivity contribution in [2.24, 2.45) is 0 Å². The summed E-state index contributed by atoms with van der Waals surface area (Å²) in [5.41, 5.74) is 0.680. The lowest BCUT2D eigenvalue weighted by atomic mass is 10.1. The van der Waals surface area contributed by atoms with Crippen molar-refractivity contribution < 1.29 is 9.53 Å². The number of rotatable bonds is 1. The molecule has 0 radical (unpaired) electrons. The predicted octanol–water partition coefficient (Wildman–Crippen LogP) is 2.69. The third-order valence-electron chi connectivity index (χ3n) is 2.38. The summed E-state index contributed by atoms with van der Waals surface area (Å²) in [6, 6.07) is 8.88. The molecule has 82 valence electrons. The SMILES string of the molecule is N#CC1CCOC(=O)N1c1ccc(Br)cc1. The van der Waals surface area contributed by atoms with Crippen LogP contribution in [0.4, 0.5) is 10.5 Å². The molecule has 1 aromatic carbocycles. The van der Waals surface area contributed by atoms with Crippen LogP contribution in [0.15, 0.2) is 28.7 Å². The molecule has 1 aliphatic rings. The van der Waals surface area contributed by atoms with Gasteiger partial charge in [0.15, 0.2) is 0 Å². The molecule has 0 aromatic heterocycles. The second kappa shape index (κ2) is 4.54. The highest BCUT2D eigenvalue weighted by Crippen LogP contribution is 2.24. The van der Waals surface area contributed by atoms with Crippen molar-refractivity contribution in [2.45, 2.75) is 12.5 Å². The minimum absolute atomic E-state index is 0.310. The standard InChI is InChI=1S/C11H9BrN2O2/c12-8-1-3-9(4-2-8)14-10(7-13)5-6-16-11(14)15/h1-4,10H,5-6H2. The quantitative estimate of drug-likeness (QED) is 0.795. The van der Waals surface area contributed by atoms with Gasteiger partial charge in [-0.2, -0.15) is 5.26 Å². The van der Waals surface area contributed by atoms with Crippen molar-refractivity contribution in [3.63, 3.8) is 0 Å². The van der Waals surface area contributed by atoms with E-state index in [9.17, 15) is 4.79 Å². The molecule has 1 atom stereocenters. The molecule has 1 fully saturated rings. The van der Waals surface area contributed by atoms with E-state index in [-0.39, 0.29) is 0 Å². The Bertz CT molecular complexity index is 438. The maximum atomic E-state index is 11.6. The van der Waals surface area contributed by atoms with E-state index in [1.54, 1.807) is 12.1 Å². The van der Waals surface area contributed by atoms with Gasteiger partial charge < -0.3 is 4.74 Å². The molecule has 5 heteroatoms. The van der Waals surface area contributed by atoms with Crippen molar-refractivity contribution in [3.8, 4) is 6.07 Å². The molecule has 0 saturated carbocycles. The molecule has 1 amide bonds. The zero-order valence-electron chi connectivity index (χ0n) is 8.39. The maximum absolute atomic E-state index is 11.6. The van der Waals surface area contributed by atoms with Crippen molar-refractivity contribution in [2.75, 3.05) is 11.5 Å². The largest absolute Gasteiger partial charge is 0.449 e. The average molecular weight is 281 g/mol. The first-order chi connectivity index (χ1) is 7.72. The van der Waals surface area contributed by atoms with Gasteiger partial charge in [-0.3, -0.25) is 4.90 Å². The predicted molar refractivity (Wildman–Crippen MR) is 62.0 cm³/mol. The number of carbonyl (C=O) groups excluding carboxylic acids is 1. The molecule has 1 saturated heterocycles. The Kier molecular flexibility index (Phi) is 3.11. The molecule has 1 aromatic rings. The zero-order chi connectivity index (χ0) is 11.5. The maximum Gasteiger partial charge on any atom is 0.415 e. The molecule has 4 nitrogen and oxygen atoms in total. The molecular formula is C11H9BrN2O2. The second-order valence-corrected chi connectivity index (χ2v) is 4.31. The molecule has 0 N–H and O–H groups in total. The number of hydrogen-bond donors (Lipinski definition) is 0. The zero-order valence-corrected chi connectivity index (χ0v) is 9.98. The summed E-state index contributed by atoms with van der Waals surface area (Å²) >= 11 is 3.32. The van der Waals surface area contributed by atoms with Crippen LogP contribution in [-0.4, -0.2) is 18.7 Å². The summed E-state index contributed by atoms with van der Waals surface area (Å²) in [7, 11) is 0. The number of nitrogens with zero attached hydrogens (tertiary/aromatic N) is 2. The Balaban J connectivity index is 2.32. The van der Waals surface area contributed by atoms with Crippen LogP contribution in [0.1, 0.15) is 6.42 Å². The third kappa shape index (κ3) is 2.02. The molecular weight excluding hydrogens is 272 g/mol. The lowest BCUT2D eigenvalue weighted by Crippen LogP contribution is -2.45. The number of hydrogen-bond acceptors (Lipinski definition) is 3. The van der Waals surface area contributed by atoms with Crippen LogP contribution < -0.4 is 4.90 Å². The summed E-state index contributed by atoms with van der Waals surface area (Å²) in [4.78, 5) is 13.0. The highest BCUT2D eigenvalue weighted by atomic mass is 79.9. The molecule has 0 aliphatic carbocycles. The summed E-state index contributed by atoms with van der Waals surface area (Å²) < 4.78 is 5.86. The number of ether oxygens (including phenoxy) is 1. The topological polar surface area (TPSA) is 53.3 Å². The van der Waals surface area contributed by atoms with E-state index in [0.717, 1.165) is 4.47 Å². The molecule has 1 aliphatic heterocycles. The Labute approximate surface area is 102 Å². The lowest BCUT2D eigenvalue weighted by molar-refractivity contribution is 0.134. The average Bonchev–Trinajstić information content (AvgIpc) is 2.30. The van der Waals surface area contributed by atoms with Gasteiger partial charge in [-0.15, -0.1) is 0 Å². The van der Waals surface area contributed by atoms with Gasteiger partial charge in [-0.1, -0.05) is 15.9 Å². The molecule has 2 rings (SSSR count). The summed E-state index contributed by atoms with van der Waals surface area (Å²) in [5.74, 6) is 0. The van der Waals surface area contributed by atoms with Gasteiger partial charge in [0.2, 0.25) is 0 Å². The summed E-state index contributed by atoms with van der Waals surface area (Å²) in [6.45, 7) is 0.310. The smallest absolute Gasteiger partial charge is 0.415 e. The first kappa shape index (κ1) is 11.0. The Morgan fingerprint density at radius 1 is 1.44 bits per heavy atom. The Hall–Kier alpha value is -1.54. The number of anilines is 1. The minimum Gasteiger partial charge on any atom is -0.449 e. The number of amides is 1. The number of nitriles is 1. The van der Waals surface area contributed by atoms with Gasteiger partial charge in [0.1, 0.15) is 6.04 Å². The van der Waals surface area contributed by atoms with E-state index in [1.165, 1.54) is 4.90 Å². The van der Waals surface area contributed by atoms with E-state index in [2.05, 4.69) is 22.0 Å². The van der Waals surface area contributed by atoms with Crippen molar-refractivity contribution in [3.05, 3.63) is 28.7 Å². The Morgan fingerprint density at radius 3 is 2.75 bits per heavy atom. The van der Waals surface area contributed by atoms with Crippen molar-refractivity contribution in [1.29, 1.82) is 5.26 Å². The number of cyclic esters (lactones) is 1. The van der Waals surface area contributed by atoms with Gasteiger partial charge in [0.05, 0.1) is 12.7 Å². The number of halogens is 1. The van der Waals surface area contributed by atoms with E-state index >= 15 is 0 Å². The van der Waals surface area contributed by atoms with Gasteiger partial charge in [0.25, 0.3) is 0 Å². The van der Waals surface area contributed by atoms with Crippen LogP contribution in [0, 0.1) is 11.3 Å².